The van der Waals surface area contributed by atoms with Gasteiger partial charge in [-0.1, -0.05) is 30.7 Å². The van der Waals surface area contributed by atoms with Crippen LogP contribution in [0.4, 0.5) is 0 Å². The summed E-state index contributed by atoms with van der Waals surface area (Å²) in [6, 6.07) is 8.94. The molecule has 1 aliphatic heterocycles. The first-order valence-corrected chi connectivity index (χ1v) is 7.36. The molecule has 1 heterocycles. The zero-order valence-corrected chi connectivity index (χ0v) is 11.9. The van der Waals surface area contributed by atoms with Crippen LogP contribution >= 0.6 is 11.6 Å². The lowest BCUT2D eigenvalue weighted by Gasteiger charge is -2.32. The molecule has 1 fully saturated rings. The first-order chi connectivity index (χ1) is 8.78. The molecule has 100 valence electrons. The number of piperidine rings is 1. The Bertz CT molecular complexity index is 342. The molecule has 1 aromatic carbocycles. The molecule has 0 unspecified atom stereocenters. The number of hydrogen-bond donors (Lipinski definition) is 1. The molecule has 0 aliphatic carbocycles. The topological polar surface area (TPSA) is 15.3 Å². The molecule has 3 heteroatoms. The summed E-state index contributed by atoms with van der Waals surface area (Å²) in [5.41, 5.74) is 1.36. The van der Waals surface area contributed by atoms with E-state index < -0.39 is 0 Å². The summed E-state index contributed by atoms with van der Waals surface area (Å²) >= 11 is 5.90. The van der Waals surface area contributed by atoms with Gasteiger partial charge in [-0.15, -0.1) is 0 Å². The molecule has 0 amide bonds. The van der Waals surface area contributed by atoms with Crippen LogP contribution in [0.15, 0.2) is 24.3 Å². The van der Waals surface area contributed by atoms with E-state index >= 15 is 0 Å². The lowest BCUT2D eigenvalue weighted by molar-refractivity contribution is 0.191. The number of rotatable bonds is 5. The molecule has 2 nitrogen and oxygen atoms in total. The Morgan fingerprint density at radius 3 is 2.50 bits per heavy atom. The van der Waals surface area contributed by atoms with Crippen molar-refractivity contribution in [3.05, 3.63) is 34.9 Å². The van der Waals surface area contributed by atoms with Crippen molar-refractivity contribution in [2.75, 3.05) is 19.6 Å². The Balaban J connectivity index is 1.74. The Kier molecular flexibility index (Phi) is 5.48. The van der Waals surface area contributed by atoms with Gasteiger partial charge in [0.25, 0.3) is 0 Å². The van der Waals surface area contributed by atoms with Gasteiger partial charge in [-0.05, 0) is 56.6 Å². The van der Waals surface area contributed by atoms with Crippen LogP contribution in [0.5, 0.6) is 0 Å². The zero-order chi connectivity index (χ0) is 12.8. The third-order valence-corrected chi connectivity index (χ3v) is 3.84. The molecule has 1 aliphatic rings. The van der Waals surface area contributed by atoms with Gasteiger partial charge >= 0.3 is 0 Å². The number of hydrogen-bond acceptors (Lipinski definition) is 2. The summed E-state index contributed by atoms with van der Waals surface area (Å²) in [5.74, 6) is 0. The summed E-state index contributed by atoms with van der Waals surface area (Å²) < 4.78 is 0. The number of likely N-dealkylation sites (tertiary alicyclic amines) is 1. The predicted octanol–water partition coefficient (Wildman–Crippen LogP) is 3.30. The minimum atomic E-state index is 0.728. The lowest BCUT2D eigenvalue weighted by Crippen LogP contribution is -2.42. The second-order valence-electron chi connectivity index (χ2n) is 5.13. The maximum absolute atomic E-state index is 5.90. The minimum absolute atomic E-state index is 0.728. The Morgan fingerprint density at radius 2 is 1.89 bits per heavy atom. The Hall–Kier alpha value is -0.570. The smallest absolute Gasteiger partial charge is 0.0406 e. The Labute approximate surface area is 115 Å². The average molecular weight is 267 g/mol. The van der Waals surface area contributed by atoms with E-state index in [2.05, 4.69) is 29.3 Å². The van der Waals surface area contributed by atoms with Crippen molar-refractivity contribution >= 4 is 11.6 Å². The predicted molar refractivity (Wildman–Crippen MR) is 78.0 cm³/mol. The first-order valence-electron chi connectivity index (χ1n) is 6.98. The van der Waals surface area contributed by atoms with Gasteiger partial charge in [0.15, 0.2) is 0 Å². The van der Waals surface area contributed by atoms with E-state index in [0.717, 1.165) is 24.2 Å². The minimum Gasteiger partial charge on any atom is -0.314 e. The maximum atomic E-state index is 5.90. The monoisotopic (exact) mass is 266 g/mol. The molecular weight excluding hydrogens is 244 g/mol. The number of nitrogens with one attached hydrogen (secondary N) is 1. The van der Waals surface area contributed by atoms with Crippen molar-refractivity contribution in [1.82, 2.24) is 10.2 Å². The molecule has 0 radical (unpaired) electrons. The van der Waals surface area contributed by atoms with Gasteiger partial charge < -0.3 is 5.32 Å². The van der Waals surface area contributed by atoms with Crippen LogP contribution in [0, 0.1) is 0 Å². The summed E-state index contributed by atoms with van der Waals surface area (Å²) in [7, 11) is 0. The van der Waals surface area contributed by atoms with Gasteiger partial charge in [0, 0.05) is 17.6 Å². The SMILES string of the molecule is CCCNC1CCN(Cc2ccc(Cl)cc2)CC1. The standard InChI is InChI=1S/C15H23ClN2/c1-2-9-17-15-7-10-18(11-8-15)12-13-3-5-14(16)6-4-13/h3-6,15,17H,2,7-12H2,1H3. The van der Waals surface area contributed by atoms with E-state index in [4.69, 9.17) is 11.6 Å². The van der Waals surface area contributed by atoms with Gasteiger partial charge in [0.2, 0.25) is 0 Å². The second-order valence-corrected chi connectivity index (χ2v) is 5.57. The van der Waals surface area contributed by atoms with Crippen molar-refractivity contribution in [2.24, 2.45) is 0 Å². The number of halogens is 1. The molecule has 0 spiro atoms. The van der Waals surface area contributed by atoms with Crippen LogP contribution in [0.1, 0.15) is 31.7 Å². The van der Waals surface area contributed by atoms with Gasteiger partial charge in [0.1, 0.15) is 0 Å². The average Bonchev–Trinajstić information content (AvgIpc) is 2.41. The van der Waals surface area contributed by atoms with E-state index in [-0.39, 0.29) is 0 Å². The van der Waals surface area contributed by atoms with Gasteiger partial charge in [0.05, 0.1) is 0 Å². The highest BCUT2D eigenvalue weighted by molar-refractivity contribution is 6.30. The van der Waals surface area contributed by atoms with Crippen LogP contribution in [-0.2, 0) is 6.54 Å². The van der Waals surface area contributed by atoms with E-state index in [0.29, 0.717) is 0 Å². The van der Waals surface area contributed by atoms with Crippen molar-refractivity contribution in [1.29, 1.82) is 0 Å². The van der Waals surface area contributed by atoms with E-state index in [1.807, 2.05) is 12.1 Å². The highest BCUT2D eigenvalue weighted by Crippen LogP contribution is 2.15. The molecule has 2 rings (SSSR count). The third-order valence-electron chi connectivity index (χ3n) is 3.59. The zero-order valence-electron chi connectivity index (χ0n) is 11.2. The van der Waals surface area contributed by atoms with Crippen molar-refractivity contribution in [3.63, 3.8) is 0 Å². The molecule has 0 bridgehead atoms. The summed E-state index contributed by atoms with van der Waals surface area (Å²) in [4.78, 5) is 2.54. The molecule has 1 N–H and O–H groups in total. The van der Waals surface area contributed by atoms with Crippen molar-refractivity contribution in [3.8, 4) is 0 Å². The molecule has 1 aromatic rings. The van der Waals surface area contributed by atoms with Crippen LogP contribution in [-0.4, -0.2) is 30.6 Å². The van der Waals surface area contributed by atoms with Gasteiger partial charge in [-0.25, -0.2) is 0 Å². The van der Waals surface area contributed by atoms with Gasteiger partial charge in [-0.3, -0.25) is 4.90 Å². The molecule has 18 heavy (non-hydrogen) atoms. The second kappa shape index (κ2) is 7.13. The highest BCUT2D eigenvalue weighted by atomic mass is 35.5. The quantitative estimate of drug-likeness (QED) is 0.880. The fraction of sp³-hybridized carbons (Fsp3) is 0.600. The fourth-order valence-electron chi connectivity index (χ4n) is 2.49. The van der Waals surface area contributed by atoms with E-state index in [1.165, 1.54) is 37.9 Å². The lowest BCUT2D eigenvalue weighted by atomic mass is 10.0. The molecule has 0 atom stereocenters. The van der Waals surface area contributed by atoms with Crippen molar-refractivity contribution in [2.45, 2.75) is 38.8 Å². The van der Waals surface area contributed by atoms with Gasteiger partial charge in [-0.2, -0.15) is 0 Å². The summed E-state index contributed by atoms with van der Waals surface area (Å²) in [5, 5.41) is 4.44. The summed E-state index contributed by atoms with van der Waals surface area (Å²) in [6.07, 6.45) is 3.77. The highest BCUT2D eigenvalue weighted by Gasteiger charge is 2.18. The van der Waals surface area contributed by atoms with E-state index in [9.17, 15) is 0 Å². The van der Waals surface area contributed by atoms with Crippen LogP contribution in [0.2, 0.25) is 5.02 Å². The maximum Gasteiger partial charge on any atom is 0.0406 e. The largest absolute Gasteiger partial charge is 0.314 e. The fourth-order valence-corrected chi connectivity index (χ4v) is 2.62. The molecular formula is C15H23ClN2. The molecule has 0 saturated carbocycles. The van der Waals surface area contributed by atoms with E-state index in [1.54, 1.807) is 0 Å². The Morgan fingerprint density at radius 1 is 1.22 bits per heavy atom. The first kappa shape index (κ1) is 13.9. The number of nitrogens with zero attached hydrogens (tertiary/aromatic N) is 1. The van der Waals surface area contributed by atoms with Crippen LogP contribution < -0.4 is 5.32 Å². The van der Waals surface area contributed by atoms with Crippen LogP contribution in [0.25, 0.3) is 0 Å². The normalized spacial score (nSPS) is 18.1. The van der Waals surface area contributed by atoms with Crippen molar-refractivity contribution < 1.29 is 0 Å². The molecule has 0 aromatic heterocycles. The third kappa shape index (κ3) is 4.27. The summed E-state index contributed by atoms with van der Waals surface area (Å²) in [6.45, 7) is 6.83. The molecule has 1 saturated heterocycles. The van der Waals surface area contributed by atoms with Crippen LogP contribution in [0.3, 0.4) is 0 Å². The number of benzene rings is 1.